The van der Waals surface area contributed by atoms with Gasteiger partial charge in [-0.1, -0.05) is 76.2 Å². The van der Waals surface area contributed by atoms with E-state index < -0.39 is 22.2 Å². The van der Waals surface area contributed by atoms with E-state index in [2.05, 4.69) is 31.0 Å². The van der Waals surface area contributed by atoms with Gasteiger partial charge in [0.15, 0.2) is 11.6 Å². The van der Waals surface area contributed by atoms with Gasteiger partial charge in [-0.05, 0) is 36.1 Å². The number of esters is 1. The van der Waals surface area contributed by atoms with Crippen LogP contribution in [0.1, 0.15) is 104 Å². The first kappa shape index (κ1) is 41.0. The van der Waals surface area contributed by atoms with Crippen molar-refractivity contribution in [3.8, 4) is 11.5 Å². The van der Waals surface area contributed by atoms with Crippen LogP contribution in [0, 0.1) is 21.7 Å². The highest BCUT2D eigenvalue weighted by atomic mass is 16.5. The fourth-order valence-corrected chi connectivity index (χ4v) is 5.84. The predicted octanol–water partition coefficient (Wildman–Crippen LogP) is 7.40. The van der Waals surface area contributed by atoms with Gasteiger partial charge in [0.25, 0.3) is 0 Å². The van der Waals surface area contributed by atoms with Crippen LogP contribution in [0.15, 0.2) is 36.4 Å². The smallest absolute Gasteiger partial charge is 0.327 e. The van der Waals surface area contributed by atoms with E-state index in [0.717, 1.165) is 6.42 Å². The number of hydrogen-bond donors (Lipinski definition) is 0. The topological polar surface area (TPSA) is 135 Å². The van der Waals surface area contributed by atoms with E-state index in [0.29, 0.717) is 52.1 Å². The van der Waals surface area contributed by atoms with E-state index in [1.54, 1.807) is 54.1 Å². The van der Waals surface area contributed by atoms with Gasteiger partial charge in [0, 0.05) is 52.2 Å². The zero-order valence-electron chi connectivity index (χ0n) is 33.8. The third-order valence-electron chi connectivity index (χ3n) is 9.00. The second-order valence-electron chi connectivity index (χ2n) is 17.9. The molecule has 0 unspecified atom stereocenters. The van der Waals surface area contributed by atoms with Crippen LogP contribution >= 0.6 is 0 Å². The van der Waals surface area contributed by atoms with Gasteiger partial charge in [-0.2, -0.15) is 10.2 Å². The molecule has 0 saturated heterocycles. The molecule has 0 spiro atoms. The first-order chi connectivity index (χ1) is 24.4. The summed E-state index contributed by atoms with van der Waals surface area (Å²) in [5.74, 6) is 0.199. The Balaban J connectivity index is 1.55. The number of Topliss-reactive ketones (excluding diaryl/α,β-unsaturated/α-hetero) is 2. The molecule has 0 atom stereocenters. The molecule has 0 fully saturated rings. The number of rotatable bonds is 14. The van der Waals surface area contributed by atoms with Crippen molar-refractivity contribution in [2.24, 2.45) is 21.7 Å². The maximum Gasteiger partial charge on any atom is 0.327 e. The molecule has 288 valence electrons. The van der Waals surface area contributed by atoms with Gasteiger partial charge in [-0.15, -0.1) is 0 Å². The predicted molar refractivity (Wildman–Crippen MR) is 206 cm³/mol. The van der Waals surface area contributed by atoms with Crippen molar-refractivity contribution in [1.29, 1.82) is 0 Å². The molecule has 0 radical (unpaired) electrons. The van der Waals surface area contributed by atoms with E-state index >= 15 is 0 Å². The normalized spacial score (nSPS) is 12.6. The Bertz CT molecular complexity index is 2000. The lowest BCUT2D eigenvalue weighted by Gasteiger charge is -2.34. The number of ether oxygens (including phenoxy) is 3. The van der Waals surface area contributed by atoms with Gasteiger partial charge >= 0.3 is 5.97 Å². The number of fused-ring (bicyclic) bond motifs is 2. The van der Waals surface area contributed by atoms with Gasteiger partial charge in [-0.3, -0.25) is 28.5 Å². The Kier molecular flexibility index (Phi) is 11.9. The van der Waals surface area contributed by atoms with Crippen LogP contribution in [0.25, 0.3) is 21.8 Å². The molecule has 0 aliphatic carbocycles. The SMILES string of the molecule is COc1ccc2c(C(=O)C(C)(C)C)nn(CC(=O)OCC(C)(C)CN(CCC(C)(C)C)C(=O)Cn3nc(C(=O)C(C)(C)C)c4ccc(OC)cc43)c2c1. The molecule has 0 aliphatic rings. The highest BCUT2D eigenvalue weighted by Gasteiger charge is 2.32. The zero-order chi connectivity index (χ0) is 39.7. The molecule has 53 heavy (non-hydrogen) atoms. The Morgan fingerprint density at radius 2 is 1.13 bits per heavy atom. The summed E-state index contributed by atoms with van der Waals surface area (Å²) in [6, 6.07) is 10.7. The summed E-state index contributed by atoms with van der Waals surface area (Å²) < 4.78 is 19.7. The van der Waals surface area contributed by atoms with Crippen molar-refractivity contribution in [3.05, 3.63) is 47.8 Å². The van der Waals surface area contributed by atoms with E-state index in [1.165, 1.54) is 4.68 Å². The second-order valence-corrected chi connectivity index (χ2v) is 17.9. The molecule has 0 saturated carbocycles. The van der Waals surface area contributed by atoms with Crippen molar-refractivity contribution in [3.63, 3.8) is 0 Å². The van der Waals surface area contributed by atoms with Gasteiger partial charge in [-0.25, -0.2) is 0 Å². The van der Waals surface area contributed by atoms with Crippen LogP contribution < -0.4 is 9.47 Å². The molecule has 4 rings (SSSR count). The average molecular weight is 732 g/mol. The Hall–Kier alpha value is -4.74. The minimum absolute atomic E-state index is 0.0353. The summed E-state index contributed by atoms with van der Waals surface area (Å²) in [4.78, 5) is 55.9. The molecule has 0 N–H and O–H groups in total. The summed E-state index contributed by atoms with van der Waals surface area (Å²) in [7, 11) is 3.12. The highest BCUT2D eigenvalue weighted by molar-refractivity contribution is 6.09. The molecular formula is C41H57N5O7. The first-order valence-electron chi connectivity index (χ1n) is 18.1. The average Bonchev–Trinajstić information content (AvgIpc) is 3.60. The quantitative estimate of drug-likeness (QED) is 0.0961. The standard InChI is InChI=1S/C41H57N5O7/c1-38(2,3)18-19-44(32(47)22-45-30-20-26(51-12)14-16-28(30)34(42-45)36(49)39(4,5)6)24-41(10,11)25-53-33(48)23-46-31-21-27(52-13)15-17-29(31)35(43-46)37(50)40(7,8)9/h14-17,20-21H,18-19,22-25H2,1-13H3. The van der Waals surface area contributed by atoms with E-state index in [-0.39, 0.29) is 48.3 Å². The van der Waals surface area contributed by atoms with E-state index in [9.17, 15) is 19.2 Å². The minimum Gasteiger partial charge on any atom is -0.497 e. The number of benzene rings is 2. The van der Waals surface area contributed by atoms with Crippen LogP contribution in [0.3, 0.4) is 0 Å². The number of carbonyl (C=O) groups excluding carboxylic acids is 4. The second kappa shape index (κ2) is 15.3. The Morgan fingerprint density at radius 3 is 1.55 bits per heavy atom. The molecule has 0 bridgehead atoms. The lowest BCUT2D eigenvalue weighted by molar-refractivity contribution is -0.148. The summed E-state index contributed by atoms with van der Waals surface area (Å²) in [5, 5.41) is 10.5. The van der Waals surface area contributed by atoms with E-state index in [4.69, 9.17) is 14.2 Å². The summed E-state index contributed by atoms with van der Waals surface area (Å²) in [6.45, 7) is 21.8. The third kappa shape index (κ3) is 10.0. The molecule has 2 aromatic carbocycles. The molecular weight excluding hydrogens is 674 g/mol. The van der Waals surface area contributed by atoms with Gasteiger partial charge in [0.05, 0.1) is 31.9 Å². The third-order valence-corrected chi connectivity index (χ3v) is 9.00. The number of hydrogen-bond acceptors (Lipinski definition) is 9. The van der Waals surface area contributed by atoms with Gasteiger partial charge in [0.2, 0.25) is 5.91 Å². The van der Waals surface area contributed by atoms with Crippen LogP contribution in [0.5, 0.6) is 11.5 Å². The lowest BCUT2D eigenvalue weighted by atomic mass is 9.88. The largest absolute Gasteiger partial charge is 0.497 e. The lowest BCUT2D eigenvalue weighted by Crippen LogP contribution is -2.44. The summed E-state index contributed by atoms with van der Waals surface area (Å²) in [6.07, 6.45) is 0.738. The van der Waals surface area contributed by atoms with Crippen molar-refractivity contribution < 1.29 is 33.4 Å². The van der Waals surface area contributed by atoms with Crippen molar-refractivity contribution in [1.82, 2.24) is 24.5 Å². The molecule has 1 amide bonds. The number of methoxy groups -OCH3 is 2. The summed E-state index contributed by atoms with van der Waals surface area (Å²) in [5.41, 5.74) is -0.196. The number of amides is 1. The van der Waals surface area contributed by atoms with Crippen molar-refractivity contribution in [2.75, 3.05) is 33.9 Å². The number of aromatic nitrogens is 4. The Morgan fingerprint density at radius 1 is 0.679 bits per heavy atom. The van der Waals surface area contributed by atoms with Crippen LogP contribution in [0.4, 0.5) is 0 Å². The maximum atomic E-state index is 14.2. The minimum atomic E-state index is -0.670. The summed E-state index contributed by atoms with van der Waals surface area (Å²) >= 11 is 0. The van der Waals surface area contributed by atoms with Crippen LogP contribution in [-0.2, 0) is 27.4 Å². The molecule has 2 aromatic heterocycles. The fourth-order valence-electron chi connectivity index (χ4n) is 5.84. The van der Waals surface area contributed by atoms with Crippen LogP contribution in [0.2, 0.25) is 0 Å². The highest BCUT2D eigenvalue weighted by Crippen LogP contribution is 2.31. The molecule has 12 heteroatoms. The monoisotopic (exact) mass is 731 g/mol. The maximum absolute atomic E-state index is 14.2. The van der Waals surface area contributed by atoms with Crippen molar-refractivity contribution >= 4 is 45.2 Å². The first-order valence-corrected chi connectivity index (χ1v) is 18.1. The van der Waals surface area contributed by atoms with Gasteiger partial charge < -0.3 is 19.1 Å². The van der Waals surface area contributed by atoms with Crippen LogP contribution in [-0.4, -0.2) is 81.8 Å². The molecule has 0 aliphatic heterocycles. The molecule has 2 heterocycles. The molecule has 12 nitrogen and oxygen atoms in total. The zero-order valence-corrected chi connectivity index (χ0v) is 33.8. The number of ketones is 2. The van der Waals surface area contributed by atoms with Gasteiger partial charge in [0.1, 0.15) is 36.0 Å². The number of carbonyl (C=O) groups is 4. The fraction of sp³-hybridized carbons (Fsp3) is 0.561. The van der Waals surface area contributed by atoms with E-state index in [1.807, 2.05) is 61.5 Å². The molecule has 4 aromatic rings. The number of nitrogens with zero attached hydrogens (tertiary/aromatic N) is 5. The Labute approximate surface area is 313 Å². The van der Waals surface area contributed by atoms with Crippen molar-refractivity contribution in [2.45, 2.75) is 95.7 Å².